The van der Waals surface area contributed by atoms with Gasteiger partial charge in [0.25, 0.3) is 0 Å². The first-order valence-corrected chi connectivity index (χ1v) is 8.42. The van der Waals surface area contributed by atoms with Gasteiger partial charge >= 0.3 is 5.97 Å². The third-order valence-corrected chi connectivity index (χ3v) is 5.03. The van der Waals surface area contributed by atoms with E-state index in [2.05, 4.69) is 4.74 Å². The molecule has 0 radical (unpaired) electrons. The molecule has 1 aliphatic heterocycles. The highest BCUT2D eigenvalue weighted by Gasteiger charge is 2.25. The van der Waals surface area contributed by atoms with Crippen LogP contribution in [0, 0.1) is 0 Å². The number of rotatable bonds is 5. The van der Waals surface area contributed by atoms with Crippen molar-refractivity contribution >= 4 is 41.3 Å². The molecule has 2 rings (SSSR count). The second-order valence-corrected chi connectivity index (χ2v) is 6.63. The summed E-state index contributed by atoms with van der Waals surface area (Å²) < 4.78 is 4.62. The molecular formula is C16H18ClNO3S. The molecule has 1 unspecified atom stereocenters. The molecule has 0 aliphatic carbocycles. The number of nitrogens with zero attached hydrogens (tertiary/aromatic N) is 1. The van der Waals surface area contributed by atoms with Gasteiger partial charge in [0.1, 0.15) is 0 Å². The molecule has 1 aromatic rings. The lowest BCUT2D eigenvalue weighted by Crippen LogP contribution is -2.27. The van der Waals surface area contributed by atoms with Crippen LogP contribution in [0.1, 0.15) is 12.0 Å². The van der Waals surface area contributed by atoms with E-state index in [0.717, 1.165) is 12.0 Å². The fraction of sp³-hybridized carbons (Fsp3) is 0.375. The Kier molecular flexibility index (Phi) is 6.34. The molecular weight excluding hydrogens is 322 g/mol. The van der Waals surface area contributed by atoms with Crippen molar-refractivity contribution in [1.29, 1.82) is 0 Å². The zero-order valence-electron chi connectivity index (χ0n) is 12.3. The summed E-state index contributed by atoms with van der Waals surface area (Å²) in [6.45, 7) is 1.37. The van der Waals surface area contributed by atoms with Crippen LogP contribution in [0.3, 0.4) is 0 Å². The maximum atomic E-state index is 12.2. The van der Waals surface area contributed by atoms with Crippen LogP contribution < -0.4 is 0 Å². The summed E-state index contributed by atoms with van der Waals surface area (Å²) in [6.07, 6.45) is 4.18. The van der Waals surface area contributed by atoms with Gasteiger partial charge < -0.3 is 9.64 Å². The van der Waals surface area contributed by atoms with Crippen LogP contribution >= 0.6 is 23.4 Å². The summed E-state index contributed by atoms with van der Waals surface area (Å²) in [5, 5.41) is 0.913. The van der Waals surface area contributed by atoms with Crippen molar-refractivity contribution in [2.75, 3.05) is 26.0 Å². The highest BCUT2D eigenvalue weighted by atomic mass is 35.5. The number of hydrogen-bond acceptors (Lipinski definition) is 4. The van der Waals surface area contributed by atoms with E-state index in [1.165, 1.54) is 7.11 Å². The lowest BCUT2D eigenvalue weighted by molar-refractivity contribution is -0.137. The minimum absolute atomic E-state index is 0.0268. The number of halogens is 1. The van der Waals surface area contributed by atoms with Crippen molar-refractivity contribution in [3.63, 3.8) is 0 Å². The standard InChI is InChI=1S/C16H18ClNO3S/c1-21-16(20)11-22-13-8-9-18(10-13)15(19)7-6-12-4-2-3-5-14(12)17/h2-7,13H,8-11H2,1H3. The Hall–Kier alpha value is -1.46. The van der Waals surface area contributed by atoms with E-state index in [1.807, 2.05) is 18.2 Å². The summed E-state index contributed by atoms with van der Waals surface area (Å²) >= 11 is 7.59. The van der Waals surface area contributed by atoms with Gasteiger partial charge in [-0.2, -0.15) is 0 Å². The number of benzene rings is 1. The second kappa shape index (κ2) is 8.25. The molecule has 4 nitrogen and oxygen atoms in total. The van der Waals surface area contributed by atoms with Crippen molar-refractivity contribution in [3.05, 3.63) is 40.9 Å². The summed E-state index contributed by atoms with van der Waals surface area (Å²) in [5.41, 5.74) is 0.827. The van der Waals surface area contributed by atoms with E-state index in [9.17, 15) is 9.59 Å². The predicted molar refractivity (Wildman–Crippen MR) is 89.9 cm³/mol. The minimum atomic E-state index is -0.228. The number of esters is 1. The maximum Gasteiger partial charge on any atom is 0.315 e. The average Bonchev–Trinajstić information content (AvgIpc) is 3.00. The third kappa shape index (κ3) is 4.78. The molecule has 1 aromatic carbocycles. The number of thioether (sulfide) groups is 1. The zero-order chi connectivity index (χ0) is 15.9. The molecule has 0 aromatic heterocycles. The Morgan fingerprint density at radius 3 is 2.95 bits per heavy atom. The van der Waals surface area contributed by atoms with Gasteiger partial charge in [0.05, 0.1) is 12.9 Å². The van der Waals surface area contributed by atoms with Gasteiger partial charge in [0, 0.05) is 29.4 Å². The molecule has 1 amide bonds. The monoisotopic (exact) mass is 339 g/mol. The van der Waals surface area contributed by atoms with E-state index in [1.54, 1.807) is 34.9 Å². The minimum Gasteiger partial charge on any atom is -0.468 e. The van der Waals surface area contributed by atoms with Gasteiger partial charge in [-0.3, -0.25) is 9.59 Å². The van der Waals surface area contributed by atoms with Crippen LogP contribution in [-0.2, 0) is 14.3 Å². The fourth-order valence-corrected chi connectivity index (χ4v) is 3.43. The predicted octanol–water partition coefficient (Wildman–Crippen LogP) is 2.86. The molecule has 1 atom stereocenters. The SMILES string of the molecule is COC(=O)CSC1CCN(C(=O)C=Cc2ccccc2Cl)C1. The quantitative estimate of drug-likeness (QED) is 0.611. The number of likely N-dealkylation sites (tertiary alicyclic amines) is 1. The third-order valence-electron chi connectivity index (χ3n) is 3.43. The first-order chi connectivity index (χ1) is 10.6. The summed E-state index contributed by atoms with van der Waals surface area (Å²) in [4.78, 5) is 25.1. The highest BCUT2D eigenvalue weighted by Crippen LogP contribution is 2.23. The van der Waals surface area contributed by atoms with Crippen LogP contribution in [0.4, 0.5) is 0 Å². The number of methoxy groups -OCH3 is 1. The Labute approximate surface area is 139 Å². The van der Waals surface area contributed by atoms with Gasteiger partial charge in [-0.05, 0) is 24.1 Å². The first-order valence-electron chi connectivity index (χ1n) is 7.00. The van der Waals surface area contributed by atoms with Crippen LogP contribution in [-0.4, -0.2) is 48.0 Å². The van der Waals surface area contributed by atoms with E-state index < -0.39 is 0 Å². The van der Waals surface area contributed by atoms with Gasteiger partial charge in [0.15, 0.2) is 0 Å². The normalized spacial score (nSPS) is 17.9. The Balaban J connectivity index is 1.84. The maximum absolute atomic E-state index is 12.2. The largest absolute Gasteiger partial charge is 0.468 e. The molecule has 1 aliphatic rings. The second-order valence-electron chi connectivity index (χ2n) is 4.94. The van der Waals surface area contributed by atoms with Crippen molar-refractivity contribution in [1.82, 2.24) is 4.90 Å². The van der Waals surface area contributed by atoms with Crippen molar-refractivity contribution < 1.29 is 14.3 Å². The molecule has 6 heteroatoms. The lowest BCUT2D eigenvalue weighted by Gasteiger charge is -2.14. The average molecular weight is 340 g/mol. The van der Waals surface area contributed by atoms with Crippen molar-refractivity contribution in [3.8, 4) is 0 Å². The molecule has 118 valence electrons. The van der Waals surface area contributed by atoms with Crippen LogP contribution in [0.25, 0.3) is 6.08 Å². The van der Waals surface area contributed by atoms with E-state index in [4.69, 9.17) is 11.6 Å². The van der Waals surface area contributed by atoms with E-state index in [0.29, 0.717) is 23.9 Å². The highest BCUT2D eigenvalue weighted by molar-refractivity contribution is 8.00. The van der Waals surface area contributed by atoms with Gasteiger partial charge in [-0.25, -0.2) is 0 Å². The number of carbonyl (C=O) groups excluding carboxylic acids is 2. The fourth-order valence-electron chi connectivity index (χ4n) is 2.19. The molecule has 0 spiro atoms. The molecule has 0 bridgehead atoms. The number of ether oxygens (including phenoxy) is 1. The van der Waals surface area contributed by atoms with Crippen molar-refractivity contribution in [2.45, 2.75) is 11.7 Å². The molecule has 1 fully saturated rings. The molecule has 22 heavy (non-hydrogen) atoms. The van der Waals surface area contributed by atoms with Crippen LogP contribution in [0.15, 0.2) is 30.3 Å². The number of amides is 1. The molecule has 0 saturated carbocycles. The van der Waals surface area contributed by atoms with E-state index in [-0.39, 0.29) is 17.1 Å². The molecule has 1 saturated heterocycles. The van der Waals surface area contributed by atoms with E-state index >= 15 is 0 Å². The Morgan fingerprint density at radius 2 is 2.23 bits per heavy atom. The summed E-state index contributed by atoms with van der Waals surface area (Å²) in [5.74, 6) is 0.0769. The summed E-state index contributed by atoms with van der Waals surface area (Å²) in [6, 6.07) is 7.39. The van der Waals surface area contributed by atoms with Crippen LogP contribution in [0.5, 0.6) is 0 Å². The smallest absolute Gasteiger partial charge is 0.315 e. The zero-order valence-corrected chi connectivity index (χ0v) is 13.9. The molecule has 1 heterocycles. The number of hydrogen-bond donors (Lipinski definition) is 0. The van der Waals surface area contributed by atoms with Gasteiger partial charge in [0.2, 0.25) is 5.91 Å². The Bertz CT molecular complexity index is 576. The molecule has 0 N–H and O–H groups in total. The van der Waals surface area contributed by atoms with Gasteiger partial charge in [-0.15, -0.1) is 11.8 Å². The first kappa shape index (κ1) is 16.9. The Morgan fingerprint density at radius 1 is 1.45 bits per heavy atom. The van der Waals surface area contributed by atoms with Crippen LogP contribution in [0.2, 0.25) is 5.02 Å². The topological polar surface area (TPSA) is 46.6 Å². The van der Waals surface area contributed by atoms with Crippen molar-refractivity contribution in [2.24, 2.45) is 0 Å². The lowest BCUT2D eigenvalue weighted by atomic mass is 10.2. The van der Waals surface area contributed by atoms with Gasteiger partial charge in [-0.1, -0.05) is 29.8 Å². The number of carbonyl (C=O) groups is 2. The summed E-state index contributed by atoms with van der Waals surface area (Å²) in [7, 11) is 1.38.